The molecule has 1 saturated carbocycles. The normalized spacial score (nSPS) is 19.2. The first-order valence-electron chi connectivity index (χ1n) is 6.42. The number of rotatable bonds is 5. The fourth-order valence-electron chi connectivity index (χ4n) is 2.55. The Balaban J connectivity index is 2.46. The van der Waals surface area contributed by atoms with Crippen LogP contribution in [0.4, 0.5) is 0 Å². The Morgan fingerprint density at radius 1 is 1.19 bits per heavy atom. The van der Waals surface area contributed by atoms with E-state index in [9.17, 15) is 0 Å². The maximum Gasteiger partial charge on any atom is 0.0436 e. The molecule has 1 N–H and O–H groups in total. The molecule has 0 aromatic rings. The number of aliphatic hydroxyl groups is 1. The van der Waals surface area contributed by atoms with Gasteiger partial charge in [-0.1, -0.05) is 38.2 Å². The van der Waals surface area contributed by atoms with Gasteiger partial charge in [-0.25, -0.2) is 0 Å². The summed E-state index contributed by atoms with van der Waals surface area (Å²) in [5, 5.41) is 9.01. The summed E-state index contributed by atoms with van der Waals surface area (Å²) in [5.41, 5.74) is 2.99. The lowest BCUT2D eigenvalue weighted by atomic mass is 9.75. The van der Waals surface area contributed by atoms with E-state index in [1.165, 1.54) is 30.4 Å². The molecule has 0 atom stereocenters. The first-order chi connectivity index (χ1) is 7.46. The summed E-state index contributed by atoms with van der Waals surface area (Å²) in [7, 11) is 0. The average molecular weight is 222 g/mol. The highest BCUT2D eigenvalue weighted by atomic mass is 16.3. The molecule has 1 aliphatic carbocycles. The molecule has 0 heterocycles. The molecule has 1 heteroatoms. The van der Waals surface area contributed by atoms with Crippen LogP contribution in [0.2, 0.25) is 0 Å². The van der Waals surface area contributed by atoms with E-state index < -0.39 is 0 Å². The van der Waals surface area contributed by atoms with Crippen molar-refractivity contribution in [2.24, 2.45) is 11.3 Å². The van der Waals surface area contributed by atoms with E-state index in [4.69, 9.17) is 5.11 Å². The van der Waals surface area contributed by atoms with Gasteiger partial charge in [0.25, 0.3) is 0 Å². The third-order valence-electron chi connectivity index (χ3n) is 3.88. The van der Waals surface area contributed by atoms with Crippen molar-refractivity contribution in [2.75, 3.05) is 6.61 Å². The van der Waals surface area contributed by atoms with Gasteiger partial charge in [0.15, 0.2) is 0 Å². The molecular weight excluding hydrogens is 196 g/mol. The summed E-state index contributed by atoms with van der Waals surface area (Å²) in [6.45, 7) is 13.1. The van der Waals surface area contributed by atoms with Crippen molar-refractivity contribution in [2.45, 2.75) is 52.4 Å². The minimum absolute atomic E-state index is 0.243. The van der Waals surface area contributed by atoms with Crippen LogP contribution in [0.5, 0.6) is 0 Å². The van der Waals surface area contributed by atoms with Crippen LogP contribution in [0.25, 0.3) is 0 Å². The van der Waals surface area contributed by atoms with Crippen molar-refractivity contribution in [1.29, 1.82) is 0 Å². The zero-order valence-corrected chi connectivity index (χ0v) is 10.9. The maximum absolute atomic E-state index is 9.01. The highest BCUT2D eigenvalue weighted by Gasteiger charge is 2.24. The molecule has 16 heavy (non-hydrogen) atoms. The van der Waals surface area contributed by atoms with Crippen molar-refractivity contribution in [3.05, 3.63) is 24.3 Å². The second kappa shape index (κ2) is 5.67. The van der Waals surface area contributed by atoms with Crippen LogP contribution in [0.1, 0.15) is 52.4 Å². The van der Waals surface area contributed by atoms with E-state index in [1.807, 2.05) is 0 Å². The van der Waals surface area contributed by atoms with Crippen molar-refractivity contribution in [1.82, 2.24) is 0 Å². The second-order valence-electron chi connectivity index (χ2n) is 5.90. The molecule has 0 aliphatic heterocycles. The van der Waals surface area contributed by atoms with Gasteiger partial charge in [0.1, 0.15) is 0 Å². The van der Waals surface area contributed by atoms with Gasteiger partial charge in [0.05, 0.1) is 0 Å². The molecule has 1 rings (SSSR count). The molecule has 0 aromatic carbocycles. The maximum atomic E-state index is 9.01. The van der Waals surface area contributed by atoms with E-state index in [-0.39, 0.29) is 5.41 Å². The van der Waals surface area contributed by atoms with Crippen LogP contribution >= 0.6 is 0 Å². The molecular formula is C15H26O. The summed E-state index contributed by atoms with van der Waals surface area (Å²) in [4.78, 5) is 0. The minimum Gasteiger partial charge on any atom is -0.396 e. The van der Waals surface area contributed by atoms with Gasteiger partial charge in [-0.05, 0) is 43.9 Å². The lowest BCUT2D eigenvalue weighted by Crippen LogP contribution is -2.18. The first-order valence-corrected chi connectivity index (χ1v) is 6.42. The van der Waals surface area contributed by atoms with Crippen molar-refractivity contribution in [3.63, 3.8) is 0 Å². The van der Waals surface area contributed by atoms with Gasteiger partial charge >= 0.3 is 0 Å². The number of aliphatic hydroxyl groups excluding tert-OH is 1. The van der Waals surface area contributed by atoms with Crippen molar-refractivity contribution >= 4 is 0 Å². The first kappa shape index (κ1) is 13.5. The van der Waals surface area contributed by atoms with Crippen molar-refractivity contribution in [3.8, 4) is 0 Å². The fraction of sp³-hybridized carbons (Fsp3) is 0.733. The lowest BCUT2D eigenvalue weighted by molar-refractivity contribution is 0.195. The highest BCUT2D eigenvalue weighted by molar-refractivity contribution is 5.20. The Morgan fingerprint density at radius 3 is 2.25 bits per heavy atom. The molecule has 0 saturated heterocycles. The molecule has 0 spiro atoms. The van der Waals surface area contributed by atoms with Crippen LogP contribution in [-0.2, 0) is 0 Å². The van der Waals surface area contributed by atoms with Gasteiger partial charge in [0.2, 0.25) is 0 Å². The summed E-state index contributed by atoms with van der Waals surface area (Å²) in [5.74, 6) is 0.534. The Hall–Kier alpha value is -0.560. The van der Waals surface area contributed by atoms with E-state index in [0.717, 1.165) is 19.3 Å². The predicted molar refractivity (Wildman–Crippen MR) is 70.3 cm³/mol. The smallest absolute Gasteiger partial charge is 0.0436 e. The van der Waals surface area contributed by atoms with Crippen LogP contribution in [0.3, 0.4) is 0 Å². The minimum atomic E-state index is 0.243. The van der Waals surface area contributed by atoms with E-state index in [0.29, 0.717) is 12.5 Å². The monoisotopic (exact) mass is 222 g/mol. The summed E-state index contributed by atoms with van der Waals surface area (Å²) in [6.07, 6.45) is 6.77. The standard InChI is InChI=1S/C15H26O/c1-12-6-5-7-13(2)14(12)8-9-15(3,4)10-11-16/h14,16H,1-2,5-11H2,3-4H3. The summed E-state index contributed by atoms with van der Waals surface area (Å²) >= 11 is 0. The SMILES string of the molecule is C=C1CCCC(=C)C1CCC(C)(C)CCO. The highest BCUT2D eigenvalue weighted by Crippen LogP contribution is 2.38. The number of hydrogen-bond donors (Lipinski definition) is 1. The van der Waals surface area contributed by atoms with Crippen LogP contribution in [-0.4, -0.2) is 11.7 Å². The second-order valence-corrected chi connectivity index (χ2v) is 5.90. The molecule has 92 valence electrons. The fourth-order valence-corrected chi connectivity index (χ4v) is 2.55. The molecule has 1 fully saturated rings. The quantitative estimate of drug-likeness (QED) is 0.695. The molecule has 1 aliphatic rings. The Morgan fingerprint density at radius 2 is 1.75 bits per heavy atom. The Labute approximate surface area is 100 Å². The zero-order chi connectivity index (χ0) is 12.2. The average Bonchev–Trinajstić information content (AvgIpc) is 2.16. The Kier molecular flexibility index (Phi) is 4.79. The van der Waals surface area contributed by atoms with Crippen LogP contribution in [0.15, 0.2) is 24.3 Å². The van der Waals surface area contributed by atoms with Gasteiger partial charge in [0, 0.05) is 12.5 Å². The molecule has 0 unspecified atom stereocenters. The molecule has 1 nitrogen and oxygen atoms in total. The summed E-state index contributed by atoms with van der Waals surface area (Å²) in [6, 6.07) is 0. The lowest BCUT2D eigenvalue weighted by Gasteiger charge is -2.31. The molecule has 0 aromatic heterocycles. The van der Waals surface area contributed by atoms with Gasteiger partial charge in [-0.15, -0.1) is 0 Å². The third-order valence-corrected chi connectivity index (χ3v) is 3.88. The van der Waals surface area contributed by atoms with Gasteiger partial charge in [-0.3, -0.25) is 0 Å². The molecule has 0 radical (unpaired) electrons. The zero-order valence-electron chi connectivity index (χ0n) is 10.9. The topological polar surface area (TPSA) is 20.2 Å². The van der Waals surface area contributed by atoms with Crippen LogP contribution < -0.4 is 0 Å². The Bertz CT molecular complexity index is 247. The van der Waals surface area contributed by atoms with E-state index in [1.54, 1.807) is 0 Å². The molecule has 0 bridgehead atoms. The predicted octanol–water partition coefficient (Wildman–Crippen LogP) is 4.09. The largest absolute Gasteiger partial charge is 0.396 e. The molecule has 0 amide bonds. The van der Waals surface area contributed by atoms with E-state index >= 15 is 0 Å². The van der Waals surface area contributed by atoms with Crippen LogP contribution in [0, 0.1) is 11.3 Å². The number of allylic oxidation sites excluding steroid dienone is 2. The van der Waals surface area contributed by atoms with Gasteiger partial charge < -0.3 is 5.11 Å². The van der Waals surface area contributed by atoms with Crippen molar-refractivity contribution < 1.29 is 5.11 Å². The number of hydrogen-bond acceptors (Lipinski definition) is 1. The third kappa shape index (κ3) is 3.79. The van der Waals surface area contributed by atoms with Gasteiger partial charge in [-0.2, -0.15) is 0 Å². The summed E-state index contributed by atoms with van der Waals surface area (Å²) < 4.78 is 0. The van der Waals surface area contributed by atoms with E-state index in [2.05, 4.69) is 27.0 Å².